The lowest BCUT2D eigenvalue weighted by Crippen LogP contribution is -2.17. The molecule has 2 aromatic carbocycles. The van der Waals surface area contributed by atoms with Crippen molar-refractivity contribution in [1.29, 1.82) is 0 Å². The zero-order valence-electron chi connectivity index (χ0n) is 12.0. The van der Waals surface area contributed by atoms with Gasteiger partial charge >= 0.3 is 0 Å². The van der Waals surface area contributed by atoms with Gasteiger partial charge in [0.05, 0.1) is 6.21 Å². The van der Waals surface area contributed by atoms with Crippen molar-refractivity contribution in [1.82, 2.24) is 5.43 Å². The Kier molecular flexibility index (Phi) is 4.31. The van der Waals surface area contributed by atoms with Crippen LogP contribution in [0.2, 0.25) is 0 Å². The maximum absolute atomic E-state index is 11.9. The first kappa shape index (κ1) is 14.0. The summed E-state index contributed by atoms with van der Waals surface area (Å²) in [5, 5.41) is 3.99. The predicted molar refractivity (Wildman–Crippen MR) is 82.2 cm³/mol. The van der Waals surface area contributed by atoms with Crippen molar-refractivity contribution in [2.24, 2.45) is 5.10 Å². The average molecular weight is 266 g/mol. The van der Waals surface area contributed by atoms with E-state index in [0.717, 1.165) is 16.7 Å². The molecule has 0 aliphatic heterocycles. The molecule has 0 radical (unpaired) electrons. The Labute approximate surface area is 119 Å². The topological polar surface area (TPSA) is 41.5 Å². The van der Waals surface area contributed by atoms with Gasteiger partial charge in [-0.15, -0.1) is 0 Å². The summed E-state index contributed by atoms with van der Waals surface area (Å²) in [6.45, 7) is 6.03. The predicted octanol–water partition coefficient (Wildman–Crippen LogP) is 3.38. The summed E-state index contributed by atoms with van der Waals surface area (Å²) in [6.07, 6.45) is 1.64. The molecule has 2 rings (SSSR count). The van der Waals surface area contributed by atoms with E-state index in [1.807, 2.05) is 57.2 Å². The first-order valence-electron chi connectivity index (χ1n) is 6.53. The number of carbonyl (C=O) groups excluding carboxylic acids is 1. The molecule has 0 aliphatic carbocycles. The molecule has 0 bridgehead atoms. The maximum Gasteiger partial charge on any atom is 0.271 e. The summed E-state index contributed by atoms with van der Waals surface area (Å²) in [7, 11) is 0. The Morgan fingerprint density at radius 2 is 1.85 bits per heavy atom. The lowest BCUT2D eigenvalue weighted by Gasteiger charge is -2.03. The van der Waals surface area contributed by atoms with E-state index in [2.05, 4.69) is 10.5 Å². The number of hydrazone groups is 1. The quantitative estimate of drug-likeness (QED) is 0.671. The lowest BCUT2D eigenvalue weighted by molar-refractivity contribution is 0.0955. The van der Waals surface area contributed by atoms with E-state index in [9.17, 15) is 4.79 Å². The SMILES string of the molecule is Cc1cccc(/C=N/NC(=O)c2ccc(C)c(C)c2)c1. The van der Waals surface area contributed by atoms with Gasteiger partial charge in [-0.1, -0.05) is 35.9 Å². The van der Waals surface area contributed by atoms with Crippen molar-refractivity contribution >= 4 is 12.1 Å². The first-order valence-corrected chi connectivity index (χ1v) is 6.53. The molecule has 0 aliphatic rings. The molecule has 0 fully saturated rings. The van der Waals surface area contributed by atoms with Crippen molar-refractivity contribution < 1.29 is 4.79 Å². The highest BCUT2D eigenvalue weighted by Crippen LogP contribution is 2.09. The summed E-state index contributed by atoms with van der Waals surface area (Å²) >= 11 is 0. The van der Waals surface area contributed by atoms with Crippen LogP contribution in [0.1, 0.15) is 32.6 Å². The number of nitrogens with zero attached hydrogens (tertiary/aromatic N) is 1. The van der Waals surface area contributed by atoms with Crippen LogP contribution in [0.5, 0.6) is 0 Å². The minimum absolute atomic E-state index is 0.197. The molecule has 0 aromatic heterocycles. The van der Waals surface area contributed by atoms with Gasteiger partial charge < -0.3 is 0 Å². The van der Waals surface area contributed by atoms with E-state index < -0.39 is 0 Å². The molecular weight excluding hydrogens is 248 g/mol. The molecule has 0 spiro atoms. The zero-order chi connectivity index (χ0) is 14.5. The van der Waals surface area contributed by atoms with Crippen LogP contribution in [0.15, 0.2) is 47.6 Å². The van der Waals surface area contributed by atoms with Crippen LogP contribution in [-0.2, 0) is 0 Å². The van der Waals surface area contributed by atoms with Crippen LogP contribution in [-0.4, -0.2) is 12.1 Å². The van der Waals surface area contributed by atoms with Crippen LogP contribution >= 0.6 is 0 Å². The molecule has 3 nitrogen and oxygen atoms in total. The Morgan fingerprint density at radius 3 is 2.55 bits per heavy atom. The minimum Gasteiger partial charge on any atom is -0.267 e. The molecule has 102 valence electrons. The number of carbonyl (C=O) groups is 1. The summed E-state index contributed by atoms with van der Waals surface area (Å²) in [4.78, 5) is 11.9. The van der Waals surface area contributed by atoms with Crippen LogP contribution in [0.3, 0.4) is 0 Å². The highest BCUT2D eigenvalue weighted by atomic mass is 16.2. The fourth-order valence-corrected chi connectivity index (χ4v) is 1.86. The molecule has 1 N–H and O–H groups in total. The van der Waals surface area contributed by atoms with Gasteiger partial charge in [0.2, 0.25) is 0 Å². The van der Waals surface area contributed by atoms with E-state index in [1.54, 1.807) is 12.3 Å². The molecule has 0 unspecified atom stereocenters. The molecule has 3 heteroatoms. The molecule has 0 saturated heterocycles. The van der Waals surface area contributed by atoms with Gasteiger partial charge in [0.1, 0.15) is 0 Å². The fourth-order valence-electron chi connectivity index (χ4n) is 1.86. The number of hydrogen-bond donors (Lipinski definition) is 1. The summed E-state index contributed by atoms with van der Waals surface area (Å²) in [5.41, 5.74) is 7.56. The molecule has 0 saturated carbocycles. The largest absolute Gasteiger partial charge is 0.271 e. The van der Waals surface area contributed by atoms with Gasteiger partial charge in [0.25, 0.3) is 5.91 Å². The van der Waals surface area contributed by atoms with Crippen LogP contribution in [0.4, 0.5) is 0 Å². The van der Waals surface area contributed by atoms with Crippen molar-refractivity contribution in [2.45, 2.75) is 20.8 Å². The normalized spacial score (nSPS) is 10.8. The minimum atomic E-state index is -0.197. The summed E-state index contributed by atoms with van der Waals surface area (Å²) in [6, 6.07) is 13.5. The van der Waals surface area contributed by atoms with E-state index in [1.165, 1.54) is 5.56 Å². The number of hydrogen-bond acceptors (Lipinski definition) is 2. The highest BCUT2D eigenvalue weighted by molar-refractivity contribution is 5.95. The third kappa shape index (κ3) is 3.54. The number of amides is 1. The van der Waals surface area contributed by atoms with Crippen molar-refractivity contribution in [2.75, 3.05) is 0 Å². The third-order valence-corrected chi connectivity index (χ3v) is 3.19. The van der Waals surface area contributed by atoms with Gasteiger partial charge in [-0.05, 0) is 49.6 Å². The van der Waals surface area contributed by atoms with Gasteiger partial charge in [-0.25, -0.2) is 5.43 Å². The van der Waals surface area contributed by atoms with Crippen molar-refractivity contribution in [3.05, 3.63) is 70.3 Å². The average Bonchev–Trinajstić information content (AvgIpc) is 2.42. The Balaban J connectivity index is 2.03. The number of aryl methyl sites for hydroxylation is 3. The van der Waals surface area contributed by atoms with E-state index in [0.29, 0.717) is 5.56 Å². The van der Waals surface area contributed by atoms with Gasteiger partial charge in [0, 0.05) is 5.56 Å². The van der Waals surface area contributed by atoms with Crippen LogP contribution in [0.25, 0.3) is 0 Å². The molecule has 0 atom stereocenters. The van der Waals surface area contributed by atoms with E-state index >= 15 is 0 Å². The second-order valence-electron chi connectivity index (χ2n) is 4.91. The van der Waals surface area contributed by atoms with Crippen LogP contribution in [0, 0.1) is 20.8 Å². The standard InChI is InChI=1S/C17H18N2O/c1-12-5-4-6-15(9-12)11-18-19-17(20)16-8-7-13(2)14(3)10-16/h4-11H,1-3H3,(H,19,20)/b18-11+. The number of benzene rings is 2. The Bertz CT molecular complexity index is 660. The van der Waals surface area contributed by atoms with Crippen molar-refractivity contribution in [3.8, 4) is 0 Å². The molecule has 20 heavy (non-hydrogen) atoms. The van der Waals surface area contributed by atoms with Gasteiger partial charge in [0.15, 0.2) is 0 Å². The van der Waals surface area contributed by atoms with Gasteiger partial charge in [-0.2, -0.15) is 5.10 Å². The van der Waals surface area contributed by atoms with Gasteiger partial charge in [-0.3, -0.25) is 4.79 Å². The van der Waals surface area contributed by atoms with E-state index in [4.69, 9.17) is 0 Å². The highest BCUT2D eigenvalue weighted by Gasteiger charge is 2.04. The first-order chi connectivity index (χ1) is 9.56. The maximum atomic E-state index is 11.9. The van der Waals surface area contributed by atoms with Crippen molar-refractivity contribution in [3.63, 3.8) is 0 Å². The Hall–Kier alpha value is -2.42. The third-order valence-electron chi connectivity index (χ3n) is 3.19. The molecular formula is C17H18N2O. The van der Waals surface area contributed by atoms with Crippen LogP contribution < -0.4 is 5.43 Å². The fraction of sp³-hybridized carbons (Fsp3) is 0.176. The monoisotopic (exact) mass is 266 g/mol. The second-order valence-corrected chi connectivity index (χ2v) is 4.91. The number of nitrogens with one attached hydrogen (secondary N) is 1. The zero-order valence-corrected chi connectivity index (χ0v) is 12.0. The number of rotatable bonds is 3. The van der Waals surface area contributed by atoms with E-state index in [-0.39, 0.29) is 5.91 Å². The lowest BCUT2D eigenvalue weighted by atomic mass is 10.1. The molecule has 1 amide bonds. The second kappa shape index (κ2) is 6.15. The molecule has 2 aromatic rings. The smallest absolute Gasteiger partial charge is 0.267 e. The Morgan fingerprint density at radius 1 is 1.05 bits per heavy atom. The summed E-state index contributed by atoms with van der Waals surface area (Å²) < 4.78 is 0. The molecule has 0 heterocycles. The summed E-state index contributed by atoms with van der Waals surface area (Å²) in [5.74, 6) is -0.197.